The molecule has 0 aliphatic carbocycles. The zero-order valence-electron chi connectivity index (χ0n) is 15.3. The van der Waals surface area contributed by atoms with E-state index < -0.39 is 11.7 Å². The molecule has 1 atom stereocenters. The van der Waals surface area contributed by atoms with Crippen molar-refractivity contribution in [3.63, 3.8) is 0 Å². The minimum atomic E-state index is -4.37. The van der Waals surface area contributed by atoms with Crippen LogP contribution in [0.4, 0.5) is 13.2 Å². The van der Waals surface area contributed by atoms with Gasteiger partial charge in [0.25, 0.3) is 0 Å². The van der Waals surface area contributed by atoms with Crippen LogP contribution in [-0.2, 0) is 6.18 Å². The van der Waals surface area contributed by atoms with Gasteiger partial charge >= 0.3 is 6.18 Å². The molecular weight excluding hydrogens is 367 g/mol. The summed E-state index contributed by atoms with van der Waals surface area (Å²) in [5.41, 5.74) is 1.67. The van der Waals surface area contributed by atoms with Gasteiger partial charge in [0.1, 0.15) is 5.69 Å². The van der Waals surface area contributed by atoms with Crippen molar-refractivity contribution in [1.29, 1.82) is 0 Å². The number of aromatic nitrogens is 1. The van der Waals surface area contributed by atoms with E-state index in [2.05, 4.69) is 4.98 Å². The Morgan fingerprint density at radius 1 is 1.07 bits per heavy atom. The number of pyridine rings is 1. The van der Waals surface area contributed by atoms with E-state index in [9.17, 15) is 18.0 Å². The molecule has 0 saturated carbocycles. The summed E-state index contributed by atoms with van der Waals surface area (Å²) in [6.07, 6.45) is -3.49. The van der Waals surface area contributed by atoms with Crippen molar-refractivity contribution in [2.75, 3.05) is 6.61 Å². The number of aliphatic hydroxyl groups excluding tert-OH is 1. The van der Waals surface area contributed by atoms with Gasteiger partial charge in [-0.2, -0.15) is 13.2 Å². The third kappa shape index (κ3) is 4.39. The normalized spacial score (nSPS) is 12.9. The standard InChI is InChI=1S/C22H20F3NO2/c1-14(13-27)5-12-21(28)20-11-10-18-17(3-2-4-19(18)26-20)15-6-8-16(9-7-15)22(23,24)25/h2-4,6-11,14,27H,5,12-13H2,1H3/t14-/m0/s1. The fourth-order valence-electron chi connectivity index (χ4n) is 3.00. The number of aliphatic hydroxyl groups is 1. The van der Waals surface area contributed by atoms with Gasteiger partial charge in [-0.3, -0.25) is 4.79 Å². The first-order valence-electron chi connectivity index (χ1n) is 9.01. The average molecular weight is 387 g/mol. The van der Waals surface area contributed by atoms with E-state index in [-0.39, 0.29) is 18.3 Å². The molecule has 6 heteroatoms. The van der Waals surface area contributed by atoms with Crippen LogP contribution in [0.5, 0.6) is 0 Å². The maximum absolute atomic E-state index is 12.8. The Morgan fingerprint density at radius 3 is 2.43 bits per heavy atom. The van der Waals surface area contributed by atoms with Crippen molar-refractivity contribution in [3.05, 3.63) is 65.9 Å². The lowest BCUT2D eigenvalue weighted by atomic mass is 9.98. The summed E-state index contributed by atoms with van der Waals surface area (Å²) in [6.45, 7) is 1.91. The smallest absolute Gasteiger partial charge is 0.396 e. The first-order valence-corrected chi connectivity index (χ1v) is 9.01. The molecule has 3 aromatic rings. The quantitative estimate of drug-likeness (QED) is 0.567. The van der Waals surface area contributed by atoms with E-state index >= 15 is 0 Å². The molecule has 0 saturated heterocycles. The molecule has 2 aromatic carbocycles. The number of ketones is 1. The molecular formula is C22H20F3NO2. The zero-order valence-corrected chi connectivity index (χ0v) is 15.3. The summed E-state index contributed by atoms with van der Waals surface area (Å²) in [6, 6.07) is 13.8. The molecule has 0 spiro atoms. The van der Waals surface area contributed by atoms with Gasteiger partial charge in [-0.15, -0.1) is 0 Å². The van der Waals surface area contributed by atoms with Crippen molar-refractivity contribution in [2.45, 2.75) is 25.9 Å². The van der Waals surface area contributed by atoms with Crippen molar-refractivity contribution in [3.8, 4) is 11.1 Å². The molecule has 1 heterocycles. The predicted octanol–water partition coefficient (Wildman–Crippen LogP) is 5.51. The third-order valence-electron chi connectivity index (χ3n) is 4.72. The number of rotatable bonds is 6. The molecule has 0 radical (unpaired) electrons. The number of halogens is 3. The maximum Gasteiger partial charge on any atom is 0.416 e. The number of hydrogen-bond acceptors (Lipinski definition) is 3. The Morgan fingerprint density at radius 2 is 1.79 bits per heavy atom. The van der Waals surface area contributed by atoms with Crippen LogP contribution in [0.3, 0.4) is 0 Å². The second kappa shape index (κ2) is 8.10. The van der Waals surface area contributed by atoms with Gasteiger partial charge in [-0.25, -0.2) is 4.98 Å². The summed E-state index contributed by atoms with van der Waals surface area (Å²) in [4.78, 5) is 16.8. The summed E-state index contributed by atoms with van der Waals surface area (Å²) in [5.74, 6) is -0.0437. The molecule has 0 fully saturated rings. The number of benzene rings is 2. The van der Waals surface area contributed by atoms with Gasteiger partial charge in [-0.05, 0) is 53.8 Å². The number of nitrogens with zero attached hydrogens (tertiary/aromatic N) is 1. The average Bonchev–Trinajstić information content (AvgIpc) is 2.70. The third-order valence-corrected chi connectivity index (χ3v) is 4.72. The van der Waals surface area contributed by atoms with Gasteiger partial charge < -0.3 is 5.11 Å². The van der Waals surface area contributed by atoms with E-state index in [0.29, 0.717) is 29.6 Å². The molecule has 0 bridgehead atoms. The molecule has 0 unspecified atom stereocenters. The maximum atomic E-state index is 12.8. The Kier molecular flexibility index (Phi) is 5.79. The Labute approximate surface area is 160 Å². The van der Waals surface area contributed by atoms with Crippen molar-refractivity contribution >= 4 is 16.7 Å². The van der Waals surface area contributed by atoms with Gasteiger partial charge in [-0.1, -0.05) is 31.2 Å². The van der Waals surface area contributed by atoms with Crippen molar-refractivity contribution < 1.29 is 23.1 Å². The summed E-state index contributed by atoms with van der Waals surface area (Å²) in [5, 5.41) is 9.84. The predicted molar refractivity (Wildman–Crippen MR) is 102 cm³/mol. The number of Topliss-reactive ketones (excluding diaryl/α,β-unsaturated/α-hetero) is 1. The molecule has 3 nitrogen and oxygen atoms in total. The van der Waals surface area contributed by atoms with Crippen LogP contribution in [0.1, 0.15) is 35.8 Å². The largest absolute Gasteiger partial charge is 0.416 e. The summed E-state index contributed by atoms with van der Waals surface area (Å²) < 4.78 is 38.3. The van der Waals surface area contributed by atoms with E-state index in [0.717, 1.165) is 23.1 Å². The Bertz CT molecular complexity index is 981. The van der Waals surface area contributed by atoms with Crippen molar-refractivity contribution in [2.24, 2.45) is 5.92 Å². The molecule has 1 aromatic heterocycles. The number of hydrogen-bond donors (Lipinski definition) is 1. The van der Waals surface area contributed by atoms with E-state index in [4.69, 9.17) is 5.11 Å². The Balaban J connectivity index is 1.91. The minimum absolute atomic E-state index is 0.0366. The Hall–Kier alpha value is -2.73. The van der Waals surface area contributed by atoms with E-state index in [1.807, 2.05) is 13.0 Å². The highest BCUT2D eigenvalue weighted by Gasteiger charge is 2.30. The molecule has 0 aliphatic heterocycles. The SMILES string of the molecule is C[C@H](CO)CCC(=O)c1ccc2c(-c3ccc(C(F)(F)F)cc3)cccc2n1. The molecule has 3 rings (SSSR count). The van der Waals surface area contributed by atoms with E-state index in [1.54, 1.807) is 24.3 Å². The molecule has 28 heavy (non-hydrogen) atoms. The van der Waals surface area contributed by atoms with Crippen LogP contribution in [-0.4, -0.2) is 22.5 Å². The second-order valence-electron chi connectivity index (χ2n) is 6.89. The van der Waals surface area contributed by atoms with Gasteiger partial charge in [0, 0.05) is 18.4 Å². The van der Waals surface area contributed by atoms with E-state index in [1.165, 1.54) is 12.1 Å². The van der Waals surface area contributed by atoms with Gasteiger partial charge in [0.15, 0.2) is 5.78 Å². The number of carbonyl (C=O) groups excluding carboxylic acids is 1. The first kappa shape index (κ1) is 20.0. The summed E-state index contributed by atoms with van der Waals surface area (Å²) >= 11 is 0. The molecule has 0 aliphatic rings. The first-order chi connectivity index (χ1) is 13.3. The second-order valence-corrected chi connectivity index (χ2v) is 6.89. The number of carbonyl (C=O) groups is 1. The van der Waals surface area contributed by atoms with Crippen LogP contribution in [0, 0.1) is 5.92 Å². The van der Waals surface area contributed by atoms with Crippen LogP contribution in [0.25, 0.3) is 22.0 Å². The van der Waals surface area contributed by atoms with Crippen LogP contribution >= 0.6 is 0 Å². The fraction of sp³-hybridized carbons (Fsp3) is 0.273. The van der Waals surface area contributed by atoms with Gasteiger partial charge in [0.05, 0.1) is 11.1 Å². The highest BCUT2D eigenvalue weighted by atomic mass is 19.4. The highest BCUT2D eigenvalue weighted by Crippen LogP contribution is 2.33. The highest BCUT2D eigenvalue weighted by molar-refractivity contribution is 5.99. The lowest BCUT2D eigenvalue weighted by Crippen LogP contribution is -2.07. The molecule has 1 N–H and O–H groups in total. The van der Waals surface area contributed by atoms with Crippen LogP contribution in [0.15, 0.2) is 54.6 Å². The number of fused-ring (bicyclic) bond motifs is 1. The zero-order chi connectivity index (χ0) is 20.3. The van der Waals surface area contributed by atoms with Crippen LogP contribution in [0.2, 0.25) is 0 Å². The molecule has 146 valence electrons. The topological polar surface area (TPSA) is 50.2 Å². The van der Waals surface area contributed by atoms with Crippen molar-refractivity contribution in [1.82, 2.24) is 4.98 Å². The lowest BCUT2D eigenvalue weighted by Gasteiger charge is -2.11. The fourth-order valence-corrected chi connectivity index (χ4v) is 3.00. The van der Waals surface area contributed by atoms with Gasteiger partial charge in [0.2, 0.25) is 0 Å². The monoisotopic (exact) mass is 387 g/mol. The number of alkyl halides is 3. The minimum Gasteiger partial charge on any atom is -0.396 e. The molecule has 0 amide bonds. The lowest BCUT2D eigenvalue weighted by molar-refractivity contribution is -0.137. The van der Waals surface area contributed by atoms with Crippen LogP contribution < -0.4 is 0 Å². The summed E-state index contributed by atoms with van der Waals surface area (Å²) in [7, 11) is 0.